The number of hydrogen-bond acceptors (Lipinski definition) is 4. The Morgan fingerprint density at radius 3 is 2.94 bits per heavy atom. The van der Waals surface area contributed by atoms with Crippen molar-refractivity contribution in [2.24, 2.45) is 0 Å². The molecule has 0 saturated heterocycles. The first kappa shape index (κ1) is 13.0. The molecule has 0 fully saturated rings. The molecule has 0 aliphatic carbocycles. The summed E-state index contributed by atoms with van der Waals surface area (Å²) in [6.07, 6.45) is 0. The van der Waals surface area contributed by atoms with Crippen LogP contribution in [0.2, 0.25) is 0 Å². The molecule has 0 radical (unpaired) electrons. The molecule has 94 valence electrons. The van der Waals surface area contributed by atoms with Gasteiger partial charge in [-0.2, -0.15) is 0 Å². The third-order valence-electron chi connectivity index (χ3n) is 2.36. The van der Waals surface area contributed by atoms with E-state index < -0.39 is 0 Å². The molecule has 1 amide bonds. The number of nitrogen functional groups attached to an aromatic ring is 1. The highest BCUT2D eigenvalue weighted by atomic mass is 79.9. The van der Waals surface area contributed by atoms with Crippen molar-refractivity contribution in [3.05, 3.63) is 44.3 Å². The van der Waals surface area contributed by atoms with E-state index in [1.165, 1.54) is 0 Å². The molecule has 2 rings (SSSR count). The number of carbonyl (C=O) groups is 1. The van der Waals surface area contributed by atoms with Gasteiger partial charge in [0.1, 0.15) is 0 Å². The maximum Gasteiger partial charge on any atom is 0.251 e. The zero-order valence-electron chi connectivity index (χ0n) is 9.74. The summed E-state index contributed by atoms with van der Waals surface area (Å²) in [5, 5.41) is 5.75. The van der Waals surface area contributed by atoms with Crippen LogP contribution in [0.15, 0.2) is 28.1 Å². The van der Waals surface area contributed by atoms with Crippen molar-refractivity contribution in [1.82, 2.24) is 10.3 Å². The van der Waals surface area contributed by atoms with E-state index in [4.69, 9.17) is 5.73 Å². The van der Waals surface area contributed by atoms with Crippen LogP contribution in [-0.4, -0.2) is 10.9 Å². The zero-order valence-corrected chi connectivity index (χ0v) is 12.1. The van der Waals surface area contributed by atoms with Crippen LogP contribution in [0.1, 0.15) is 21.1 Å². The number of nitrogens with two attached hydrogens (primary N) is 1. The number of aryl methyl sites for hydroxylation is 1. The molecule has 2 aromatic rings. The van der Waals surface area contributed by atoms with Crippen molar-refractivity contribution in [2.75, 3.05) is 5.73 Å². The third-order valence-corrected chi connectivity index (χ3v) is 3.87. The maximum atomic E-state index is 11.9. The average Bonchev–Trinajstić information content (AvgIpc) is 2.75. The van der Waals surface area contributed by atoms with Crippen molar-refractivity contribution in [3.8, 4) is 0 Å². The molecule has 0 aliphatic rings. The molecule has 18 heavy (non-hydrogen) atoms. The molecule has 0 atom stereocenters. The minimum Gasteiger partial charge on any atom is -0.398 e. The maximum absolute atomic E-state index is 11.9. The average molecular weight is 326 g/mol. The second kappa shape index (κ2) is 5.49. The van der Waals surface area contributed by atoms with E-state index in [1.54, 1.807) is 29.5 Å². The number of rotatable bonds is 3. The topological polar surface area (TPSA) is 68.0 Å². The van der Waals surface area contributed by atoms with Gasteiger partial charge in [0.25, 0.3) is 5.91 Å². The van der Waals surface area contributed by atoms with Gasteiger partial charge in [-0.1, -0.05) is 0 Å². The molecule has 0 saturated carbocycles. The van der Waals surface area contributed by atoms with Gasteiger partial charge < -0.3 is 11.1 Å². The molecule has 1 heterocycles. The van der Waals surface area contributed by atoms with Crippen molar-refractivity contribution in [2.45, 2.75) is 13.5 Å². The lowest BCUT2D eigenvalue weighted by Crippen LogP contribution is -2.23. The Hall–Kier alpha value is -1.40. The van der Waals surface area contributed by atoms with Gasteiger partial charge in [-0.3, -0.25) is 4.79 Å². The molecule has 3 N–H and O–H groups in total. The molecule has 0 aliphatic heterocycles. The number of carbonyl (C=O) groups excluding carboxylic acids is 1. The fraction of sp³-hybridized carbons (Fsp3) is 0.167. The molecule has 0 bridgehead atoms. The molecule has 0 unspecified atom stereocenters. The van der Waals surface area contributed by atoms with Crippen LogP contribution < -0.4 is 11.1 Å². The molecule has 1 aromatic carbocycles. The summed E-state index contributed by atoms with van der Waals surface area (Å²) in [5.41, 5.74) is 7.73. The van der Waals surface area contributed by atoms with E-state index in [1.807, 2.05) is 12.3 Å². The number of amides is 1. The lowest BCUT2D eigenvalue weighted by atomic mass is 10.2. The highest BCUT2D eigenvalue weighted by molar-refractivity contribution is 9.10. The van der Waals surface area contributed by atoms with Gasteiger partial charge in [0.2, 0.25) is 0 Å². The van der Waals surface area contributed by atoms with Crippen molar-refractivity contribution < 1.29 is 4.79 Å². The Morgan fingerprint density at radius 1 is 1.56 bits per heavy atom. The summed E-state index contributed by atoms with van der Waals surface area (Å²) < 4.78 is 0.722. The van der Waals surface area contributed by atoms with Crippen LogP contribution >= 0.6 is 27.3 Å². The van der Waals surface area contributed by atoms with Gasteiger partial charge >= 0.3 is 0 Å². The number of nitrogens with one attached hydrogen (secondary N) is 1. The number of aromatic nitrogens is 1. The number of hydrogen-bond donors (Lipinski definition) is 2. The monoisotopic (exact) mass is 325 g/mol. The van der Waals surface area contributed by atoms with Gasteiger partial charge in [-0.05, 0) is 41.1 Å². The number of halogens is 1. The summed E-state index contributed by atoms with van der Waals surface area (Å²) >= 11 is 4.87. The number of nitrogens with zero attached hydrogens (tertiary/aromatic N) is 1. The molecular formula is C12H12BrN3OS. The van der Waals surface area contributed by atoms with E-state index >= 15 is 0 Å². The minimum absolute atomic E-state index is 0.138. The van der Waals surface area contributed by atoms with Gasteiger partial charge in [-0.25, -0.2) is 4.98 Å². The smallest absolute Gasteiger partial charge is 0.251 e. The van der Waals surface area contributed by atoms with E-state index in [0.29, 0.717) is 17.8 Å². The second-order valence-electron chi connectivity index (χ2n) is 3.78. The van der Waals surface area contributed by atoms with Crippen molar-refractivity contribution in [1.29, 1.82) is 0 Å². The summed E-state index contributed by atoms with van der Waals surface area (Å²) in [6, 6.07) is 5.10. The fourth-order valence-electron chi connectivity index (χ4n) is 1.43. The van der Waals surface area contributed by atoms with E-state index in [9.17, 15) is 4.79 Å². The quantitative estimate of drug-likeness (QED) is 0.852. The summed E-state index contributed by atoms with van der Waals surface area (Å²) in [5.74, 6) is -0.138. The largest absolute Gasteiger partial charge is 0.398 e. The van der Waals surface area contributed by atoms with Crippen LogP contribution in [0.3, 0.4) is 0 Å². The predicted molar refractivity (Wildman–Crippen MR) is 76.6 cm³/mol. The fourth-order valence-corrected chi connectivity index (χ4v) is 2.42. The van der Waals surface area contributed by atoms with Gasteiger partial charge in [0.15, 0.2) is 0 Å². The Kier molecular flexibility index (Phi) is 3.98. The molecule has 0 spiro atoms. The first-order valence-electron chi connectivity index (χ1n) is 5.30. The molecule has 4 nitrogen and oxygen atoms in total. The second-order valence-corrected chi connectivity index (χ2v) is 5.69. The van der Waals surface area contributed by atoms with E-state index in [2.05, 4.69) is 26.2 Å². The Morgan fingerprint density at radius 2 is 2.33 bits per heavy atom. The van der Waals surface area contributed by atoms with E-state index in [0.717, 1.165) is 15.2 Å². The van der Waals surface area contributed by atoms with E-state index in [-0.39, 0.29) is 5.91 Å². The van der Waals surface area contributed by atoms with Gasteiger partial charge in [0, 0.05) is 21.1 Å². The Bertz CT molecular complexity index is 582. The normalized spacial score (nSPS) is 10.3. The van der Waals surface area contributed by atoms with Gasteiger partial charge in [-0.15, -0.1) is 11.3 Å². The Labute approximate surface area is 117 Å². The highest BCUT2D eigenvalue weighted by Crippen LogP contribution is 2.20. The van der Waals surface area contributed by atoms with Crippen LogP contribution in [0.4, 0.5) is 5.69 Å². The van der Waals surface area contributed by atoms with Gasteiger partial charge in [0.05, 0.1) is 17.2 Å². The lowest BCUT2D eigenvalue weighted by Gasteiger charge is -2.05. The van der Waals surface area contributed by atoms with Crippen LogP contribution in [0.25, 0.3) is 0 Å². The van der Waals surface area contributed by atoms with Crippen LogP contribution in [0, 0.1) is 6.92 Å². The Balaban J connectivity index is 2.01. The SMILES string of the molecule is Cc1nc(CNC(=O)c2ccc(N)c(Br)c2)cs1. The number of thiazole rings is 1. The molecule has 1 aromatic heterocycles. The predicted octanol–water partition coefficient (Wildman–Crippen LogP) is 2.73. The lowest BCUT2D eigenvalue weighted by molar-refractivity contribution is 0.0950. The zero-order chi connectivity index (χ0) is 13.1. The third kappa shape index (κ3) is 3.08. The standard InChI is InChI=1S/C12H12BrN3OS/c1-7-16-9(6-18-7)5-15-12(17)8-2-3-11(14)10(13)4-8/h2-4,6H,5,14H2,1H3,(H,15,17). The summed E-state index contributed by atoms with van der Waals surface area (Å²) in [4.78, 5) is 16.2. The summed E-state index contributed by atoms with van der Waals surface area (Å²) in [7, 11) is 0. The molecular weight excluding hydrogens is 314 g/mol. The van der Waals surface area contributed by atoms with Crippen LogP contribution in [0.5, 0.6) is 0 Å². The highest BCUT2D eigenvalue weighted by Gasteiger charge is 2.08. The summed E-state index contributed by atoms with van der Waals surface area (Å²) in [6.45, 7) is 2.37. The van der Waals surface area contributed by atoms with Crippen LogP contribution in [-0.2, 0) is 6.54 Å². The van der Waals surface area contributed by atoms with Crippen molar-refractivity contribution >= 4 is 38.9 Å². The van der Waals surface area contributed by atoms with Crippen molar-refractivity contribution in [3.63, 3.8) is 0 Å². The first-order chi connectivity index (χ1) is 8.56. The minimum atomic E-state index is -0.138. The number of benzene rings is 1. The first-order valence-corrected chi connectivity index (χ1v) is 6.98. The number of anilines is 1. The molecule has 6 heteroatoms.